The van der Waals surface area contributed by atoms with Gasteiger partial charge < -0.3 is 9.64 Å². The third-order valence-electron chi connectivity index (χ3n) is 7.07. The van der Waals surface area contributed by atoms with Gasteiger partial charge in [-0.25, -0.2) is 13.2 Å². The predicted octanol–water partition coefficient (Wildman–Crippen LogP) is 5.04. The van der Waals surface area contributed by atoms with Gasteiger partial charge in [0.05, 0.1) is 17.0 Å². The average Bonchev–Trinajstić information content (AvgIpc) is 3.15. The van der Waals surface area contributed by atoms with Crippen molar-refractivity contribution in [1.82, 2.24) is 4.72 Å². The summed E-state index contributed by atoms with van der Waals surface area (Å²) in [6.45, 7) is 2.43. The fourth-order valence-electron chi connectivity index (χ4n) is 5.25. The number of esters is 1. The molecule has 1 aliphatic heterocycles. The Kier molecular flexibility index (Phi) is 6.62. The molecule has 1 saturated carbocycles. The van der Waals surface area contributed by atoms with Gasteiger partial charge in [0.2, 0.25) is 10.0 Å². The van der Waals surface area contributed by atoms with E-state index in [9.17, 15) is 13.2 Å². The Hall–Kier alpha value is -3.16. The molecule has 3 aromatic rings. The third kappa shape index (κ3) is 4.97. The Labute approximate surface area is 207 Å². The van der Waals surface area contributed by atoms with Crippen LogP contribution in [0.15, 0.2) is 78.9 Å². The molecule has 35 heavy (non-hydrogen) atoms. The Morgan fingerprint density at radius 1 is 0.943 bits per heavy atom. The summed E-state index contributed by atoms with van der Waals surface area (Å²) < 4.78 is 34.8. The Bertz CT molecular complexity index is 1290. The second kappa shape index (κ2) is 9.84. The predicted molar refractivity (Wildman–Crippen MR) is 137 cm³/mol. The molecule has 0 radical (unpaired) electrons. The maximum absolute atomic E-state index is 13.0. The normalized spacial score (nSPS) is 22.8. The highest BCUT2D eigenvalue weighted by atomic mass is 32.2. The van der Waals surface area contributed by atoms with Crippen LogP contribution in [0.3, 0.4) is 0 Å². The largest absolute Gasteiger partial charge is 0.423 e. The summed E-state index contributed by atoms with van der Waals surface area (Å²) >= 11 is 0. The van der Waals surface area contributed by atoms with E-state index < -0.39 is 16.0 Å². The third-order valence-corrected chi connectivity index (χ3v) is 9.02. The monoisotopic (exact) mass is 490 g/mol. The highest BCUT2D eigenvalue weighted by molar-refractivity contribution is 7.90. The van der Waals surface area contributed by atoms with E-state index in [-0.39, 0.29) is 17.3 Å². The van der Waals surface area contributed by atoms with Crippen molar-refractivity contribution in [3.05, 3.63) is 95.6 Å². The van der Waals surface area contributed by atoms with Crippen LogP contribution >= 0.6 is 0 Å². The van der Waals surface area contributed by atoms with E-state index >= 15 is 0 Å². The number of nitrogens with one attached hydrogen (secondary N) is 1. The van der Waals surface area contributed by atoms with Crippen molar-refractivity contribution >= 4 is 21.7 Å². The first-order chi connectivity index (χ1) is 16.9. The first-order valence-corrected chi connectivity index (χ1v) is 13.7. The van der Waals surface area contributed by atoms with E-state index in [0.717, 1.165) is 36.1 Å². The highest BCUT2D eigenvalue weighted by Gasteiger charge is 2.49. The minimum absolute atomic E-state index is 0.00841. The summed E-state index contributed by atoms with van der Waals surface area (Å²) in [5, 5.41) is -0.361. The lowest BCUT2D eigenvalue weighted by molar-refractivity contribution is 0.0733. The Morgan fingerprint density at radius 2 is 1.63 bits per heavy atom. The van der Waals surface area contributed by atoms with Crippen molar-refractivity contribution in [2.24, 2.45) is 5.92 Å². The van der Waals surface area contributed by atoms with E-state index in [1.165, 1.54) is 0 Å². The maximum atomic E-state index is 13.0. The second-order valence-electron chi connectivity index (χ2n) is 9.42. The highest BCUT2D eigenvalue weighted by Crippen LogP contribution is 2.40. The number of ether oxygens (including phenoxy) is 1. The minimum atomic E-state index is -3.39. The number of sulfonamides is 1. The number of nitrogens with zero attached hydrogens (tertiary/aromatic N) is 1. The van der Waals surface area contributed by atoms with E-state index in [1.54, 1.807) is 30.3 Å². The first kappa shape index (κ1) is 23.6. The van der Waals surface area contributed by atoms with Gasteiger partial charge in [-0.15, -0.1) is 0 Å². The van der Waals surface area contributed by atoms with Crippen molar-refractivity contribution in [3.8, 4) is 5.75 Å². The molecule has 6 nitrogen and oxygen atoms in total. The molecule has 7 heteroatoms. The molecular formula is C28H30N2O4S. The molecule has 3 atom stereocenters. The number of carbonyl (C=O) groups is 1. The Morgan fingerprint density at radius 3 is 2.40 bits per heavy atom. The molecule has 2 aliphatic rings. The summed E-state index contributed by atoms with van der Waals surface area (Å²) in [5.41, 5.74) is 3.36. The molecule has 1 aliphatic carbocycles. The molecule has 2 fully saturated rings. The molecule has 0 amide bonds. The van der Waals surface area contributed by atoms with Crippen LogP contribution in [0.2, 0.25) is 0 Å². The van der Waals surface area contributed by atoms with Crippen LogP contribution in [0.1, 0.15) is 47.2 Å². The van der Waals surface area contributed by atoms with Crippen molar-refractivity contribution < 1.29 is 17.9 Å². The topological polar surface area (TPSA) is 75.7 Å². The van der Waals surface area contributed by atoms with Gasteiger partial charge in [0.15, 0.2) is 0 Å². The van der Waals surface area contributed by atoms with Crippen LogP contribution in [0, 0.1) is 12.8 Å². The van der Waals surface area contributed by atoms with Crippen LogP contribution in [-0.4, -0.2) is 25.8 Å². The summed E-state index contributed by atoms with van der Waals surface area (Å²) in [6, 6.07) is 24.5. The summed E-state index contributed by atoms with van der Waals surface area (Å²) in [7, 11) is -3.39. The molecule has 1 saturated heterocycles. The van der Waals surface area contributed by atoms with Crippen LogP contribution < -0.4 is 14.4 Å². The number of carbonyl (C=O) groups excluding carboxylic acids is 1. The Balaban J connectivity index is 1.49. The van der Waals surface area contributed by atoms with Gasteiger partial charge in [0.1, 0.15) is 5.75 Å². The van der Waals surface area contributed by atoms with E-state index in [2.05, 4.69) is 9.62 Å². The maximum Gasteiger partial charge on any atom is 0.343 e. The number of hydrogen-bond acceptors (Lipinski definition) is 5. The molecule has 182 valence electrons. The smallest absolute Gasteiger partial charge is 0.343 e. The van der Waals surface area contributed by atoms with Gasteiger partial charge in [0, 0.05) is 23.7 Å². The van der Waals surface area contributed by atoms with Crippen LogP contribution in [0.4, 0.5) is 5.69 Å². The fourth-order valence-corrected chi connectivity index (χ4v) is 7.28. The van der Waals surface area contributed by atoms with Crippen molar-refractivity contribution in [2.75, 3.05) is 4.90 Å². The minimum Gasteiger partial charge on any atom is -0.423 e. The van der Waals surface area contributed by atoms with Gasteiger partial charge >= 0.3 is 5.97 Å². The number of hydrogen-bond donors (Lipinski definition) is 1. The van der Waals surface area contributed by atoms with Crippen molar-refractivity contribution in [2.45, 2.75) is 50.6 Å². The zero-order valence-electron chi connectivity index (χ0n) is 19.8. The molecule has 1 N–H and O–H groups in total. The van der Waals surface area contributed by atoms with Gasteiger partial charge in [-0.05, 0) is 50.1 Å². The molecule has 0 spiro atoms. The van der Waals surface area contributed by atoms with Gasteiger partial charge in [-0.3, -0.25) is 0 Å². The lowest BCUT2D eigenvalue weighted by Gasteiger charge is -2.36. The summed E-state index contributed by atoms with van der Waals surface area (Å²) in [5.74, 6) is 0.0578. The SMILES string of the molecule is Cc1ccc(N(Cc2ccccc2OC(=O)c2ccccc2)C2NS(=O)(=O)C3CCCCC23)cc1. The van der Waals surface area contributed by atoms with Gasteiger partial charge in [0.25, 0.3) is 0 Å². The zero-order valence-corrected chi connectivity index (χ0v) is 20.6. The average molecular weight is 491 g/mol. The molecule has 1 heterocycles. The lowest BCUT2D eigenvalue weighted by atomic mass is 9.86. The first-order valence-electron chi connectivity index (χ1n) is 12.1. The summed E-state index contributed by atoms with van der Waals surface area (Å²) in [4.78, 5) is 14.9. The van der Waals surface area contributed by atoms with Crippen molar-refractivity contribution in [3.63, 3.8) is 0 Å². The number of benzene rings is 3. The standard InChI is InChI=1S/C28H30N2O4S/c1-20-15-17-23(18-16-20)30(27-24-12-6-8-14-26(24)35(32,33)29-27)19-22-11-5-7-13-25(22)34-28(31)21-9-3-2-4-10-21/h2-5,7,9-11,13,15-18,24,26-27,29H,6,8,12,14,19H2,1H3. The lowest BCUT2D eigenvalue weighted by Crippen LogP contribution is -2.46. The number of aryl methyl sites for hydroxylation is 1. The number of rotatable bonds is 6. The quantitative estimate of drug-likeness (QED) is 0.387. The summed E-state index contributed by atoms with van der Waals surface area (Å²) in [6.07, 6.45) is 3.18. The molecule has 3 aromatic carbocycles. The number of fused-ring (bicyclic) bond motifs is 1. The van der Waals surface area contributed by atoms with Gasteiger partial charge in [-0.1, -0.05) is 66.9 Å². The van der Waals surface area contributed by atoms with E-state index in [0.29, 0.717) is 24.3 Å². The van der Waals surface area contributed by atoms with Crippen LogP contribution in [-0.2, 0) is 16.6 Å². The molecule has 0 bridgehead atoms. The second-order valence-corrected chi connectivity index (χ2v) is 11.4. The van der Waals surface area contributed by atoms with Gasteiger partial charge in [-0.2, -0.15) is 4.72 Å². The molecule has 0 aromatic heterocycles. The van der Waals surface area contributed by atoms with E-state index in [4.69, 9.17) is 4.74 Å². The molecule has 5 rings (SSSR count). The molecule has 3 unspecified atom stereocenters. The zero-order chi connectivity index (χ0) is 24.4. The van der Waals surface area contributed by atoms with Crippen molar-refractivity contribution in [1.29, 1.82) is 0 Å². The fraction of sp³-hybridized carbons (Fsp3) is 0.321. The van der Waals surface area contributed by atoms with Crippen LogP contribution in [0.25, 0.3) is 0 Å². The van der Waals surface area contributed by atoms with Crippen LogP contribution in [0.5, 0.6) is 5.75 Å². The molecular weight excluding hydrogens is 460 g/mol. The number of anilines is 1. The van der Waals surface area contributed by atoms with E-state index in [1.807, 2.05) is 55.5 Å². The number of para-hydroxylation sites is 1.